The summed E-state index contributed by atoms with van der Waals surface area (Å²) in [5.74, 6) is -2.05. The van der Waals surface area contributed by atoms with E-state index in [1.807, 2.05) is 45.0 Å². The summed E-state index contributed by atoms with van der Waals surface area (Å²) in [5.41, 5.74) is 2.68. The van der Waals surface area contributed by atoms with E-state index < -0.39 is 29.9 Å². The van der Waals surface area contributed by atoms with E-state index in [1.54, 1.807) is 6.07 Å². The molecule has 0 saturated carbocycles. The molecule has 1 aromatic carbocycles. The third-order valence-electron chi connectivity index (χ3n) is 4.97. The first kappa shape index (κ1) is 21.3. The lowest BCUT2D eigenvalue weighted by molar-refractivity contribution is -0.142. The van der Waals surface area contributed by atoms with E-state index in [0.29, 0.717) is 12.1 Å². The number of aromatic amines is 1. The van der Waals surface area contributed by atoms with Crippen LogP contribution in [0.3, 0.4) is 0 Å². The van der Waals surface area contributed by atoms with Crippen LogP contribution in [-0.4, -0.2) is 44.9 Å². The van der Waals surface area contributed by atoms with Crippen LogP contribution in [0.15, 0.2) is 30.3 Å². The van der Waals surface area contributed by atoms with Gasteiger partial charge in [-0.3, -0.25) is 9.59 Å². The Labute approximate surface area is 174 Å². The van der Waals surface area contributed by atoms with Crippen molar-refractivity contribution in [2.45, 2.75) is 46.2 Å². The minimum Gasteiger partial charge on any atom is -0.480 e. The first-order valence-corrected chi connectivity index (χ1v) is 9.89. The van der Waals surface area contributed by atoms with Gasteiger partial charge in [0.05, 0.1) is 11.2 Å². The fourth-order valence-electron chi connectivity index (χ4n) is 3.45. The summed E-state index contributed by atoms with van der Waals surface area (Å²) in [6.07, 6.45) is 0.305. The summed E-state index contributed by atoms with van der Waals surface area (Å²) < 4.78 is 0. The highest BCUT2D eigenvalue weighted by molar-refractivity contribution is 6.10. The van der Waals surface area contributed by atoms with Crippen LogP contribution < -0.4 is 10.6 Å². The highest BCUT2D eigenvalue weighted by atomic mass is 16.4. The lowest BCUT2D eigenvalue weighted by Gasteiger charge is -2.20. The normalized spacial score (nSPS) is 13.4. The summed E-state index contributed by atoms with van der Waals surface area (Å²) >= 11 is 0. The molecule has 0 aliphatic carbocycles. The molecule has 0 radical (unpaired) electrons. The highest BCUT2D eigenvalue weighted by Crippen LogP contribution is 2.27. The number of nitrogens with zero attached hydrogens (tertiary/aromatic N) is 1. The topological polar surface area (TPSA) is 124 Å². The van der Waals surface area contributed by atoms with E-state index in [-0.39, 0.29) is 11.6 Å². The number of amides is 2. The van der Waals surface area contributed by atoms with E-state index in [4.69, 9.17) is 0 Å². The molecule has 0 spiro atoms. The molecule has 3 aromatic rings. The van der Waals surface area contributed by atoms with Crippen LogP contribution in [0.5, 0.6) is 0 Å². The molecule has 0 aliphatic heterocycles. The van der Waals surface area contributed by atoms with E-state index >= 15 is 0 Å². The van der Waals surface area contributed by atoms with Gasteiger partial charge in [0.15, 0.2) is 0 Å². The predicted octanol–water partition coefficient (Wildman–Crippen LogP) is 2.76. The number of fused-ring (bicyclic) bond motifs is 3. The number of hydrogen-bond acceptors (Lipinski definition) is 4. The highest BCUT2D eigenvalue weighted by Gasteiger charge is 2.25. The molecule has 4 N–H and O–H groups in total. The lowest BCUT2D eigenvalue weighted by atomic mass is 10.0. The van der Waals surface area contributed by atoms with Gasteiger partial charge in [0.2, 0.25) is 5.91 Å². The average Bonchev–Trinajstić information content (AvgIpc) is 3.06. The van der Waals surface area contributed by atoms with Crippen molar-refractivity contribution in [3.63, 3.8) is 0 Å². The van der Waals surface area contributed by atoms with Crippen LogP contribution in [0, 0.1) is 12.8 Å². The number of rotatable bonds is 7. The Morgan fingerprint density at radius 2 is 1.80 bits per heavy atom. The molecule has 3 rings (SSSR count). The molecule has 2 heterocycles. The first-order chi connectivity index (χ1) is 14.2. The molecule has 2 amide bonds. The molecule has 2 atom stereocenters. The van der Waals surface area contributed by atoms with Gasteiger partial charge < -0.3 is 20.7 Å². The van der Waals surface area contributed by atoms with Crippen molar-refractivity contribution in [2.75, 3.05) is 0 Å². The van der Waals surface area contributed by atoms with Crippen molar-refractivity contribution in [1.29, 1.82) is 0 Å². The number of hydrogen-bond donors (Lipinski definition) is 4. The largest absolute Gasteiger partial charge is 0.480 e. The van der Waals surface area contributed by atoms with Crippen LogP contribution in [-0.2, 0) is 9.59 Å². The Kier molecular flexibility index (Phi) is 6.05. The number of benzene rings is 1. The number of aliphatic carboxylic acids is 1. The first-order valence-electron chi connectivity index (χ1n) is 9.89. The standard InChI is InChI=1S/C22H26N4O4/c1-11(2)9-18(22(29)30)26-20(27)13(4)24-21(28)17-10-15-14-7-5-6-8-16(14)25-19(15)12(3)23-17/h5-8,10-11,13,18,25H,9H2,1-4H3,(H,24,28)(H,26,27)(H,29,30). The van der Waals surface area contributed by atoms with Gasteiger partial charge in [-0.05, 0) is 38.3 Å². The number of carboxylic acids is 1. The van der Waals surface area contributed by atoms with Crippen molar-refractivity contribution in [2.24, 2.45) is 5.92 Å². The summed E-state index contributed by atoms with van der Waals surface area (Å²) in [6.45, 7) is 7.08. The second-order valence-electron chi connectivity index (χ2n) is 7.91. The fraction of sp³-hybridized carbons (Fsp3) is 0.364. The molecule has 158 valence electrons. The van der Waals surface area contributed by atoms with Crippen LogP contribution in [0.2, 0.25) is 0 Å². The SMILES string of the molecule is Cc1nc(C(=O)NC(C)C(=O)NC(CC(C)C)C(=O)O)cc2c1[nH]c1ccccc12. The molecule has 8 heteroatoms. The summed E-state index contributed by atoms with van der Waals surface area (Å²) in [6, 6.07) is 7.56. The van der Waals surface area contributed by atoms with E-state index in [9.17, 15) is 19.5 Å². The summed E-state index contributed by atoms with van der Waals surface area (Å²) in [4.78, 5) is 44.2. The average molecular weight is 410 g/mol. The zero-order chi connectivity index (χ0) is 22.0. The molecule has 0 fully saturated rings. The number of aryl methyl sites for hydroxylation is 1. The molecule has 30 heavy (non-hydrogen) atoms. The van der Waals surface area contributed by atoms with E-state index in [1.165, 1.54) is 6.92 Å². The second-order valence-corrected chi connectivity index (χ2v) is 7.91. The van der Waals surface area contributed by atoms with Crippen molar-refractivity contribution >= 4 is 39.6 Å². The van der Waals surface area contributed by atoms with Crippen LogP contribution in [0.4, 0.5) is 0 Å². The van der Waals surface area contributed by atoms with Crippen LogP contribution in [0.1, 0.15) is 43.4 Å². The Morgan fingerprint density at radius 3 is 2.47 bits per heavy atom. The lowest BCUT2D eigenvalue weighted by Crippen LogP contribution is -2.50. The fourth-order valence-corrected chi connectivity index (χ4v) is 3.45. The molecular weight excluding hydrogens is 384 g/mol. The second kappa shape index (κ2) is 8.52. The summed E-state index contributed by atoms with van der Waals surface area (Å²) in [5, 5.41) is 16.3. The number of carbonyl (C=O) groups excluding carboxylic acids is 2. The van der Waals surface area contributed by atoms with Gasteiger partial charge in [-0.25, -0.2) is 9.78 Å². The Bertz CT molecular complexity index is 1120. The minimum absolute atomic E-state index is 0.103. The minimum atomic E-state index is -1.10. The zero-order valence-electron chi connectivity index (χ0n) is 17.4. The molecule has 2 unspecified atom stereocenters. The predicted molar refractivity (Wildman–Crippen MR) is 114 cm³/mol. The monoisotopic (exact) mass is 410 g/mol. The number of pyridine rings is 1. The molecule has 0 aliphatic rings. The van der Waals surface area contributed by atoms with Gasteiger partial charge >= 0.3 is 5.97 Å². The molecule has 0 saturated heterocycles. The Morgan fingerprint density at radius 1 is 1.10 bits per heavy atom. The van der Waals surface area contributed by atoms with Gasteiger partial charge in [0.1, 0.15) is 17.8 Å². The number of para-hydroxylation sites is 1. The van der Waals surface area contributed by atoms with Crippen LogP contribution >= 0.6 is 0 Å². The zero-order valence-corrected chi connectivity index (χ0v) is 17.4. The van der Waals surface area contributed by atoms with E-state index in [2.05, 4.69) is 20.6 Å². The smallest absolute Gasteiger partial charge is 0.326 e. The molecule has 2 aromatic heterocycles. The number of nitrogens with one attached hydrogen (secondary N) is 3. The van der Waals surface area contributed by atoms with Crippen molar-refractivity contribution in [3.8, 4) is 0 Å². The third-order valence-corrected chi connectivity index (χ3v) is 4.97. The van der Waals surface area contributed by atoms with E-state index in [0.717, 1.165) is 21.8 Å². The number of carbonyl (C=O) groups is 3. The maximum absolute atomic E-state index is 12.7. The number of aromatic nitrogens is 2. The summed E-state index contributed by atoms with van der Waals surface area (Å²) in [7, 11) is 0. The Hall–Kier alpha value is -3.42. The van der Waals surface area contributed by atoms with Gasteiger partial charge in [-0.1, -0.05) is 32.0 Å². The number of H-pyrrole nitrogens is 1. The molecule has 0 bridgehead atoms. The maximum Gasteiger partial charge on any atom is 0.326 e. The van der Waals surface area contributed by atoms with Gasteiger partial charge in [-0.2, -0.15) is 0 Å². The van der Waals surface area contributed by atoms with Gasteiger partial charge in [-0.15, -0.1) is 0 Å². The van der Waals surface area contributed by atoms with Gasteiger partial charge in [0.25, 0.3) is 5.91 Å². The Balaban J connectivity index is 1.78. The van der Waals surface area contributed by atoms with Crippen molar-refractivity contribution in [3.05, 3.63) is 41.7 Å². The van der Waals surface area contributed by atoms with Crippen molar-refractivity contribution in [1.82, 2.24) is 20.6 Å². The molecular formula is C22H26N4O4. The van der Waals surface area contributed by atoms with Crippen molar-refractivity contribution < 1.29 is 19.5 Å². The molecule has 8 nitrogen and oxygen atoms in total. The quantitative estimate of drug-likeness (QED) is 0.477. The van der Waals surface area contributed by atoms with Crippen LogP contribution in [0.25, 0.3) is 21.8 Å². The third kappa shape index (κ3) is 4.42. The number of carboxylic acid groups (broad SMARTS) is 1. The maximum atomic E-state index is 12.7. The van der Waals surface area contributed by atoms with Gasteiger partial charge in [0, 0.05) is 16.3 Å².